The van der Waals surface area contributed by atoms with E-state index in [9.17, 15) is 0 Å². The zero-order chi connectivity index (χ0) is 12.7. The lowest BCUT2D eigenvalue weighted by atomic mass is 10.1. The standard InChI is InChI=1S/C15H24NP/c1-4-6-7-8-14(5-2)13(3)16-11-9-15(17)10-12-16/h5-8,15H,2-4,9-12,17H2,1H3/b7-6-,14-8+. The third kappa shape index (κ3) is 4.52. The zero-order valence-corrected chi connectivity index (χ0v) is 12.0. The Morgan fingerprint density at radius 1 is 1.41 bits per heavy atom. The lowest BCUT2D eigenvalue weighted by molar-refractivity contribution is 0.297. The Kier molecular flexibility index (Phi) is 6.29. The van der Waals surface area contributed by atoms with E-state index < -0.39 is 0 Å². The first-order valence-electron chi connectivity index (χ1n) is 6.38. The van der Waals surface area contributed by atoms with Crippen molar-refractivity contribution in [3.05, 3.63) is 48.7 Å². The van der Waals surface area contributed by atoms with Crippen molar-refractivity contribution in [1.29, 1.82) is 0 Å². The van der Waals surface area contributed by atoms with Gasteiger partial charge in [-0.25, -0.2) is 0 Å². The quantitative estimate of drug-likeness (QED) is 0.527. The van der Waals surface area contributed by atoms with Gasteiger partial charge in [-0.05, 0) is 30.5 Å². The topological polar surface area (TPSA) is 3.24 Å². The van der Waals surface area contributed by atoms with Crippen molar-refractivity contribution in [1.82, 2.24) is 4.90 Å². The third-order valence-electron chi connectivity index (χ3n) is 3.12. The summed E-state index contributed by atoms with van der Waals surface area (Å²) in [5, 5.41) is 0. The number of piperidine rings is 1. The van der Waals surface area contributed by atoms with Crippen LogP contribution in [0.2, 0.25) is 0 Å². The van der Waals surface area contributed by atoms with E-state index in [4.69, 9.17) is 0 Å². The third-order valence-corrected chi connectivity index (χ3v) is 3.79. The van der Waals surface area contributed by atoms with E-state index in [0.29, 0.717) is 0 Å². The first kappa shape index (κ1) is 14.3. The van der Waals surface area contributed by atoms with E-state index in [2.05, 4.69) is 52.4 Å². The van der Waals surface area contributed by atoms with Crippen molar-refractivity contribution in [2.75, 3.05) is 13.1 Å². The predicted molar refractivity (Wildman–Crippen MR) is 81.2 cm³/mol. The molecule has 1 nitrogen and oxygen atoms in total. The van der Waals surface area contributed by atoms with Crippen LogP contribution in [-0.4, -0.2) is 23.6 Å². The second kappa shape index (κ2) is 7.50. The van der Waals surface area contributed by atoms with Gasteiger partial charge in [0.2, 0.25) is 0 Å². The number of rotatable bonds is 5. The molecule has 0 aromatic heterocycles. The van der Waals surface area contributed by atoms with Gasteiger partial charge < -0.3 is 4.90 Å². The molecule has 0 aromatic rings. The molecule has 1 unspecified atom stereocenters. The van der Waals surface area contributed by atoms with Gasteiger partial charge in [0.1, 0.15) is 0 Å². The molecule has 0 N–H and O–H groups in total. The van der Waals surface area contributed by atoms with Gasteiger partial charge in [-0.2, -0.15) is 0 Å². The highest BCUT2D eigenvalue weighted by molar-refractivity contribution is 7.17. The van der Waals surface area contributed by atoms with Gasteiger partial charge >= 0.3 is 0 Å². The van der Waals surface area contributed by atoms with Crippen LogP contribution in [0.25, 0.3) is 0 Å². The maximum absolute atomic E-state index is 4.20. The summed E-state index contributed by atoms with van der Waals surface area (Å²) in [4.78, 5) is 2.37. The van der Waals surface area contributed by atoms with Crippen molar-refractivity contribution in [3.63, 3.8) is 0 Å². The Balaban J connectivity index is 2.63. The average Bonchev–Trinajstić information content (AvgIpc) is 2.35. The van der Waals surface area contributed by atoms with Crippen LogP contribution in [0.15, 0.2) is 48.7 Å². The second-order valence-corrected chi connectivity index (χ2v) is 5.38. The monoisotopic (exact) mass is 249 g/mol. The second-order valence-electron chi connectivity index (χ2n) is 4.43. The molecule has 2 heteroatoms. The molecule has 1 fully saturated rings. The molecule has 1 rings (SSSR count). The summed E-state index contributed by atoms with van der Waals surface area (Å²) in [5.41, 5.74) is 3.02. The van der Waals surface area contributed by atoms with Crippen molar-refractivity contribution in [3.8, 4) is 0 Å². The van der Waals surface area contributed by atoms with Crippen LogP contribution in [0, 0.1) is 0 Å². The Morgan fingerprint density at radius 3 is 2.59 bits per heavy atom. The summed E-state index contributed by atoms with van der Waals surface area (Å²) in [6.45, 7) is 12.4. The first-order chi connectivity index (χ1) is 8.19. The first-order valence-corrected chi connectivity index (χ1v) is 7.04. The van der Waals surface area contributed by atoms with Crippen LogP contribution in [-0.2, 0) is 0 Å². The van der Waals surface area contributed by atoms with E-state index in [1.165, 1.54) is 12.8 Å². The molecule has 0 aliphatic carbocycles. The van der Waals surface area contributed by atoms with Crippen LogP contribution in [0.1, 0.15) is 26.2 Å². The fraction of sp³-hybridized carbons (Fsp3) is 0.467. The molecular formula is C15H24NP. The average molecular weight is 249 g/mol. The SMILES string of the molecule is C=C/C(=C\C=C/CC)C(=C)N1CCC(P)CC1. The molecule has 1 aliphatic rings. The van der Waals surface area contributed by atoms with Gasteiger partial charge in [-0.1, -0.05) is 44.4 Å². The molecule has 0 radical (unpaired) electrons. The van der Waals surface area contributed by atoms with Crippen LogP contribution in [0.5, 0.6) is 0 Å². The summed E-state index contributed by atoms with van der Waals surface area (Å²) in [6.07, 6.45) is 11.8. The minimum Gasteiger partial charge on any atom is -0.371 e. The molecule has 1 aliphatic heterocycles. The molecular weight excluding hydrogens is 225 g/mol. The van der Waals surface area contributed by atoms with E-state index in [0.717, 1.165) is 36.4 Å². The van der Waals surface area contributed by atoms with Crippen LogP contribution in [0.4, 0.5) is 0 Å². The number of allylic oxidation sites excluding steroid dienone is 4. The number of likely N-dealkylation sites (tertiary alicyclic amines) is 1. The number of hydrogen-bond donors (Lipinski definition) is 0. The van der Waals surface area contributed by atoms with Gasteiger partial charge in [0, 0.05) is 18.8 Å². The largest absolute Gasteiger partial charge is 0.371 e. The molecule has 0 bridgehead atoms. The summed E-state index contributed by atoms with van der Waals surface area (Å²) in [5.74, 6) is 0. The summed E-state index contributed by atoms with van der Waals surface area (Å²) >= 11 is 0. The van der Waals surface area contributed by atoms with Gasteiger partial charge in [0.15, 0.2) is 0 Å². The Labute approximate surface area is 108 Å². The molecule has 0 spiro atoms. The highest BCUT2D eigenvalue weighted by Crippen LogP contribution is 2.23. The fourth-order valence-electron chi connectivity index (χ4n) is 1.94. The molecule has 0 aromatic carbocycles. The highest BCUT2D eigenvalue weighted by atomic mass is 31.0. The normalized spacial score (nSPS) is 18.7. The minimum absolute atomic E-state index is 0.773. The van der Waals surface area contributed by atoms with E-state index in [-0.39, 0.29) is 0 Å². The summed E-state index contributed by atoms with van der Waals surface area (Å²) in [6, 6.07) is 0. The lowest BCUT2D eigenvalue weighted by Gasteiger charge is -2.33. The Hall–Kier alpha value is -0.810. The van der Waals surface area contributed by atoms with Gasteiger partial charge in [0.05, 0.1) is 0 Å². The molecule has 1 heterocycles. The molecule has 17 heavy (non-hydrogen) atoms. The van der Waals surface area contributed by atoms with Crippen LogP contribution < -0.4 is 0 Å². The van der Waals surface area contributed by atoms with E-state index in [1.807, 2.05) is 6.08 Å². The molecule has 0 amide bonds. The predicted octanol–water partition coefficient (Wildman–Crippen LogP) is 3.92. The van der Waals surface area contributed by atoms with E-state index >= 15 is 0 Å². The number of nitrogens with zero attached hydrogens (tertiary/aromatic N) is 1. The van der Waals surface area contributed by atoms with Crippen LogP contribution in [0.3, 0.4) is 0 Å². The highest BCUT2D eigenvalue weighted by Gasteiger charge is 2.17. The smallest absolute Gasteiger partial charge is 0.0366 e. The maximum atomic E-state index is 4.20. The summed E-state index contributed by atoms with van der Waals surface area (Å²) in [7, 11) is 2.92. The van der Waals surface area contributed by atoms with Crippen molar-refractivity contribution in [2.45, 2.75) is 31.8 Å². The van der Waals surface area contributed by atoms with Crippen molar-refractivity contribution in [2.24, 2.45) is 0 Å². The minimum atomic E-state index is 0.773. The van der Waals surface area contributed by atoms with Crippen molar-refractivity contribution < 1.29 is 0 Å². The Morgan fingerprint density at radius 2 is 2.06 bits per heavy atom. The van der Waals surface area contributed by atoms with Gasteiger partial charge in [-0.15, -0.1) is 9.24 Å². The van der Waals surface area contributed by atoms with Crippen LogP contribution >= 0.6 is 9.24 Å². The number of hydrogen-bond acceptors (Lipinski definition) is 1. The molecule has 0 saturated carbocycles. The lowest BCUT2D eigenvalue weighted by Crippen LogP contribution is -2.33. The molecule has 94 valence electrons. The Bertz CT molecular complexity index is 320. The van der Waals surface area contributed by atoms with E-state index in [1.54, 1.807) is 0 Å². The zero-order valence-electron chi connectivity index (χ0n) is 10.9. The molecule has 1 atom stereocenters. The van der Waals surface area contributed by atoms with Crippen molar-refractivity contribution >= 4 is 9.24 Å². The fourth-order valence-corrected chi connectivity index (χ4v) is 2.24. The summed E-state index contributed by atoms with van der Waals surface area (Å²) < 4.78 is 0. The molecule has 1 saturated heterocycles. The maximum Gasteiger partial charge on any atom is 0.0366 e. The van der Waals surface area contributed by atoms with Gasteiger partial charge in [0.25, 0.3) is 0 Å². The van der Waals surface area contributed by atoms with Gasteiger partial charge in [-0.3, -0.25) is 0 Å².